The van der Waals surface area contributed by atoms with Gasteiger partial charge in [-0.25, -0.2) is 14.4 Å². The van der Waals surface area contributed by atoms with Crippen LogP contribution in [0.3, 0.4) is 0 Å². The summed E-state index contributed by atoms with van der Waals surface area (Å²) in [5.74, 6) is -0.660. The molecular weight excluding hydrogens is 300 g/mol. The van der Waals surface area contributed by atoms with Gasteiger partial charge < -0.3 is 20.1 Å². The van der Waals surface area contributed by atoms with Gasteiger partial charge in [-0.3, -0.25) is 0 Å². The molecule has 1 aliphatic carbocycles. The van der Waals surface area contributed by atoms with Gasteiger partial charge in [0.25, 0.3) is 0 Å². The van der Waals surface area contributed by atoms with Crippen molar-refractivity contribution in [2.24, 2.45) is 5.92 Å². The second-order valence-corrected chi connectivity index (χ2v) is 5.04. The normalized spacial score (nSPS) is 13.5. The highest BCUT2D eigenvalue weighted by Crippen LogP contribution is 2.29. The molecule has 7 nitrogen and oxygen atoms in total. The zero-order valence-corrected chi connectivity index (χ0v) is 12.9. The number of benzene rings is 1. The summed E-state index contributed by atoms with van der Waals surface area (Å²) in [6.45, 7) is 0. The van der Waals surface area contributed by atoms with E-state index in [9.17, 15) is 14.4 Å². The van der Waals surface area contributed by atoms with Crippen LogP contribution >= 0.6 is 0 Å². The van der Waals surface area contributed by atoms with Gasteiger partial charge >= 0.3 is 18.0 Å². The zero-order chi connectivity index (χ0) is 16.8. The quantitative estimate of drug-likeness (QED) is 0.813. The molecule has 1 aliphatic rings. The van der Waals surface area contributed by atoms with Gasteiger partial charge in [-0.1, -0.05) is 6.08 Å². The number of nitrogens with one attached hydrogen (secondary N) is 2. The Labute approximate surface area is 133 Å². The van der Waals surface area contributed by atoms with E-state index >= 15 is 0 Å². The van der Waals surface area contributed by atoms with Crippen molar-refractivity contribution < 1.29 is 23.9 Å². The van der Waals surface area contributed by atoms with Gasteiger partial charge in [0.05, 0.1) is 31.0 Å². The van der Waals surface area contributed by atoms with Gasteiger partial charge in [-0.15, -0.1) is 0 Å². The van der Waals surface area contributed by atoms with Crippen molar-refractivity contribution in [2.45, 2.75) is 12.8 Å². The second kappa shape index (κ2) is 7.44. The SMILES string of the molecule is COC(=O)c1ccc(C(=O)OC)c(NC(=O)N/C=C/C2CC2)c1. The first kappa shape index (κ1) is 16.5. The monoisotopic (exact) mass is 318 g/mol. The molecule has 7 heteroatoms. The largest absolute Gasteiger partial charge is 0.465 e. The highest BCUT2D eigenvalue weighted by molar-refractivity contribution is 6.03. The van der Waals surface area contributed by atoms with Crippen molar-refractivity contribution in [3.8, 4) is 0 Å². The molecule has 0 saturated heterocycles. The van der Waals surface area contributed by atoms with Crippen LogP contribution < -0.4 is 10.6 Å². The Bertz CT molecular complexity index is 650. The first-order valence-corrected chi connectivity index (χ1v) is 7.10. The fourth-order valence-corrected chi connectivity index (χ4v) is 1.89. The fourth-order valence-electron chi connectivity index (χ4n) is 1.89. The topological polar surface area (TPSA) is 93.7 Å². The molecule has 0 aromatic heterocycles. The van der Waals surface area contributed by atoms with Crippen molar-refractivity contribution >= 4 is 23.7 Å². The van der Waals surface area contributed by atoms with E-state index in [0.717, 1.165) is 12.8 Å². The van der Waals surface area contributed by atoms with Crippen LogP contribution in [0, 0.1) is 5.92 Å². The van der Waals surface area contributed by atoms with Crippen molar-refractivity contribution in [3.63, 3.8) is 0 Å². The van der Waals surface area contributed by atoms with Crippen LogP contribution in [0.1, 0.15) is 33.6 Å². The molecule has 2 rings (SSSR count). The molecule has 0 radical (unpaired) electrons. The minimum Gasteiger partial charge on any atom is -0.465 e. The van der Waals surface area contributed by atoms with E-state index in [1.54, 1.807) is 6.20 Å². The van der Waals surface area contributed by atoms with Gasteiger partial charge in [-0.2, -0.15) is 0 Å². The Morgan fingerprint density at radius 1 is 1.13 bits per heavy atom. The highest BCUT2D eigenvalue weighted by Gasteiger charge is 2.18. The number of carbonyl (C=O) groups is 3. The zero-order valence-electron chi connectivity index (χ0n) is 12.9. The molecule has 0 bridgehead atoms. The van der Waals surface area contributed by atoms with Gasteiger partial charge in [0.2, 0.25) is 0 Å². The molecule has 1 fully saturated rings. The summed E-state index contributed by atoms with van der Waals surface area (Å²) in [7, 11) is 2.48. The summed E-state index contributed by atoms with van der Waals surface area (Å²) < 4.78 is 9.29. The number of ether oxygens (including phenoxy) is 2. The van der Waals surface area contributed by atoms with E-state index in [-0.39, 0.29) is 16.8 Å². The molecule has 2 N–H and O–H groups in total. The predicted octanol–water partition coefficient (Wildman–Crippen LogP) is 2.31. The molecule has 0 aliphatic heterocycles. The van der Waals surface area contributed by atoms with Crippen molar-refractivity contribution in [2.75, 3.05) is 19.5 Å². The van der Waals surface area contributed by atoms with Crippen LogP contribution in [0.2, 0.25) is 0 Å². The van der Waals surface area contributed by atoms with Crippen LogP contribution in [0.15, 0.2) is 30.5 Å². The molecule has 1 aromatic carbocycles. The fraction of sp³-hybridized carbons (Fsp3) is 0.312. The van der Waals surface area contributed by atoms with Gasteiger partial charge in [0, 0.05) is 6.20 Å². The molecular formula is C16H18N2O5. The Kier molecular flexibility index (Phi) is 5.35. The molecule has 0 heterocycles. The lowest BCUT2D eigenvalue weighted by Gasteiger charge is -2.11. The third kappa shape index (κ3) is 4.57. The Balaban J connectivity index is 2.16. The lowest BCUT2D eigenvalue weighted by atomic mass is 10.1. The van der Waals surface area contributed by atoms with Gasteiger partial charge in [-0.05, 0) is 37.0 Å². The maximum atomic E-state index is 11.9. The maximum absolute atomic E-state index is 11.9. The molecule has 23 heavy (non-hydrogen) atoms. The highest BCUT2D eigenvalue weighted by atomic mass is 16.5. The van der Waals surface area contributed by atoms with Gasteiger partial charge in [0.1, 0.15) is 0 Å². The first-order valence-electron chi connectivity index (χ1n) is 7.10. The van der Waals surface area contributed by atoms with E-state index < -0.39 is 18.0 Å². The van der Waals surface area contributed by atoms with Gasteiger partial charge in [0.15, 0.2) is 0 Å². The average molecular weight is 318 g/mol. The molecule has 2 amide bonds. The molecule has 1 saturated carbocycles. The van der Waals surface area contributed by atoms with Crippen molar-refractivity contribution in [1.82, 2.24) is 5.32 Å². The molecule has 0 unspecified atom stereocenters. The minimum atomic E-state index is -0.620. The number of carbonyl (C=O) groups excluding carboxylic acids is 3. The lowest BCUT2D eigenvalue weighted by Crippen LogP contribution is -2.25. The van der Waals surface area contributed by atoms with E-state index in [0.29, 0.717) is 5.92 Å². The summed E-state index contributed by atoms with van der Waals surface area (Å²) in [4.78, 5) is 35.2. The van der Waals surface area contributed by atoms with E-state index in [1.165, 1.54) is 32.4 Å². The smallest absolute Gasteiger partial charge is 0.339 e. The van der Waals surface area contributed by atoms with Crippen LogP contribution in [0.5, 0.6) is 0 Å². The van der Waals surface area contributed by atoms with Crippen molar-refractivity contribution in [3.05, 3.63) is 41.6 Å². The number of hydrogen-bond donors (Lipinski definition) is 2. The van der Waals surface area contributed by atoms with E-state index in [1.807, 2.05) is 6.08 Å². The third-order valence-corrected chi connectivity index (χ3v) is 3.30. The second-order valence-electron chi connectivity index (χ2n) is 5.04. The summed E-state index contributed by atoms with van der Waals surface area (Å²) in [5, 5.41) is 5.08. The number of rotatable bonds is 5. The minimum absolute atomic E-state index is 0.140. The summed E-state index contributed by atoms with van der Waals surface area (Å²) in [5.41, 5.74) is 0.516. The predicted molar refractivity (Wildman–Crippen MR) is 83.1 cm³/mol. The maximum Gasteiger partial charge on any atom is 0.339 e. The third-order valence-electron chi connectivity index (χ3n) is 3.30. The number of methoxy groups -OCH3 is 2. The van der Waals surface area contributed by atoms with E-state index in [2.05, 4.69) is 20.1 Å². The molecule has 0 spiro atoms. The summed E-state index contributed by atoms with van der Waals surface area (Å²) in [6, 6.07) is 3.67. The Morgan fingerprint density at radius 2 is 1.83 bits per heavy atom. The molecule has 0 atom stereocenters. The lowest BCUT2D eigenvalue weighted by molar-refractivity contribution is 0.0587. The van der Waals surface area contributed by atoms with Crippen LogP contribution in [-0.4, -0.2) is 32.2 Å². The first-order chi connectivity index (χ1) is 11.0. The van der Waals surface area contributed by atoms with Crippen LogP contribution in [-0.2, 0) is 9.47 Å². The summed E-state index contributed by atoms with van der Waals surface area (Å²) >= 11 is 0. The Morgan fingerprint density at radius 3 is 2.43 bits per heavy atom. The number of urea groups is 1. The average Bonchev–Trinajstić information content (AvgIpc) is 3.37. The van der Waals surface area contributed by atoms with E-state index in [4.69, 9.17) is 0 Å². The number of hydrogen-bond acceptors (Lipinski definition) is 5. The molecule has 1 aromatic rings. The number of amides is 2. The van der Waals surface area contributed by atoms with Crippen LogP contribution in [0.25, 0.3) is 0 Å². The van der Waals surface area contributed by atoms with Crippen LogP contribution in [0.4, 0.5) is 10.5 Å². The van der Waals surface area contributed by atoms with Crippen molar-refractivity contribution in [1.29, 1.82) is 0 Å². The standard InChI is InChI=1S/C16H18N2O5/c1-22-14(19)11-5-6-12(15(20)23-2)13(9-11)18-16(21)17-8-7-10-3-4-10/h5-10H,3-4H2,1-2H3,(H2,17,18,21)/b8-7+. The number of esters is 2. The Hall–Kier alpha value is -2.83. The summed E-state index contributed by atoms with van der Waals surface area (Å²) in [6.07, 6.45) is 5.74. The molecule has 122 valence electrons. The number of anilines is 1. The number of allylic oxidation sites excluding steroid dienone is 1.